The average Bonchev–Trinajstić information content (AvgIpc) is 2.85. The first-order valence-corrected chi connectivity index (χ1v) is 8.79. The molecule has 0 unspecified atom stereocenters. The highest BCUT2D eigenvalue weighted by Crippen LogP contribution is 2.22. The molecule has 0 saturated heterocycles. The van der Waals surface area contributed by atoms with Gasteiger partial charge < -0.3 is 15.6 Å². The fraction of sp³-hybridized carbons (Fsp3) is 0.471. The molecular formula is C17H22N6O3. The summed E-state index contributed by atoms with van der Waals surface area (Å²) in [4.78, 5) is 22.5. The van der Waals surface area contributed by atoms with Crippen molar-refractivity contribution in [2.75, 3.05) is 12.3 Å². The molecule has 3 N–H and O–H groups in total. The zero-order valence-electron chi connectivity index (χ0n) is 14.5. The van der Waals surface area contributed by atoms with E-state index >= 15 is 0 Å². The van der Waals surface area contributed by atoms with Crippen LogP contribution in [-0.2, 0) is 19.4 Å². The van der Waals surface area contributed by atoms with Gasteiger partial charge in [0, 0.05) is 37.6 Å². The molecule has 26 heavy (non-hydrogen) atoms. The van der Waals surface area contributed by atoms with E-state index < -0.39 is 4.92 Å². The predicted molar refractivity (Wildman–Crippen MR) is 95.7 cm³/mol. The molecule has 0 atom stereocenters. The van der Waals surface area contributed by atoms with Gasteiger partial charge in [-0.1, -0.05) is 6.42 Å². The van der Waals surface area contributed by atoms with Gasteiger partial charge in [-0.25, -0.2) is 0 Å². The Morgan fingerprint density at radius 3 is 2.96 bits per heavy atom. The fourth-order valence-corrected chi connectivity index (χ4v) is 3.12. The Bertz CT molecular complexity index is 817. The van der Waals surface area contributed by atoms with E-state index in [1.165, 1.54) is 24.6 Å². The molecular weight excluding hydrogens is 336 g/mol. The minimum absolute atomic E-state index is 0.0408. The monoisotopic (exact) mass is 358 g/mol. The first kappa shape index (κ1) is 17.8. The number of nitrogen functional groups attached to an aromatic ring is 1. The maximum Gasteiger partial charge on any atom is 0.292 e. The Kier molecular flexibility index (Phi) is 5.45. The molecule has 0 radical (unpaired) electrons. The third kappa shape index (κ3) is 3.98. The van der Waals surface area contributed by atoms with Gasteiger partial charge >= 0.3 is 0 Å². The molecule has 1 aliphatic heterocycles. The largest absolute Gasteiger partial charge is 0.393 e. The number of fused-ring (bicyclic) bond motifs is 1. The highest BCUT2D eigenvalue weighted by Gasteiger charge is 2.16. The Morgan fingerprint density at radius 1 is 1.31 bits per heavy atom. The van der Waals surface area contributed by atoms with E-state index in [4.69, 9.17) is 5.73 Å². The zero-order chi connectivity index (χ0) is 18.5. The lowest BCUT2D eigenvalue weighted by Gasteiger charge is -2.08. The Balaban J connectivity index is 1.53. The number of carbonyl (C=O) groups is 1. The second-order valence-corrected chi connectivity index (χ2v) is 6.38. The summed E-state index contributed by atoms with van der Waals surface area (Å²) in [6, 6.07) is 4.05. The van der Waals surface area contributed by atoms with E-state index in [9.17, 15) is 14.9 Å². The predicted octanol–water partition coefficient (Wildman–Crippen LogP) is 1.86. The van der Waals surface area contributed by atoms with Gasteiger partial charge in [0.15, 0.2) is 0 Å². The molecule has 9 heteroatoms. The normalized spacial score (nSPS) is 13.7. The molecule has 138 valence electrons. The molecule has 1 aromatic carbocycles. The number of aryl methyl sites for hydroxylation is 2. The minimum Gasteiger partial charge on any atom is -0.393 e. The molecule has 0 aliphatic carbocycles. The van der Waals surface area contributed by atoms with Crippen LogP contribution >= 0.6 is 0 Å². The second-order valence-electron chi connectivity index (χ2n) is 6.38. The van der Waals surface area contributed by atoms with Crippen molar-refractivity contribution in [1.82, 2.24) is 20.1 Å². The van der Waals surface area contributed by atoms with Gasteiger partial charge in [-0.05, 0) is 31.4 Å². The fourth-order valence-electron chi connectivity index (χ4n) is 3.12. The summed E-state index contributed by atoms with van der Waals surface area (Å²) < 4.78 is 2.19. The topological polar surface area (TPSA) is 129 Å². The van der Waals surface area contributed by atoms with Crippen LogP contribution < -0.4 is 11.1 Å². The summed E-state index contributed by atoms with van der Waals surface area (Å²) in [6.45, 7) is 1.42. The summed E-state index contributed by atoms with van der Waals surface area (Å²) in [7, 11) is 0. The molecule has 1 amide bonds. The molecule has 9 nitrogen and oxygen atoms in total. The van der Waals surface area contributed by atoms with Crippen molar-refractivity contribution in [1.29, 1.82) is 0 Å². The molecule has 2 aromatic rings. The van der Waals surface area contributed by atoms with Gasteiger partial charge in [0.1, 0.15) is 17.3 Å². The zero-order valence-corrected chi connectivity index (χ0v) is 14.5. The average molecular weight is 358 g/mol. The second kappa shape index (κ2) is 7.94. The van der Waals surface area contributed by atoms with Crippen LogP contribution in [0.4, 0.5) is 11.4 Å². The van der Waals surface area contributed by atoms with Crippen molar-refractivity contribution in [2.24, 2.45) is 0 Å². The smallest absolute Gasteiger partial charge is 0.292 e. The summed E-state index contributed by atoms with van der Waals surface area (Å²) in [5.74, 6) is 1.66. The van der Waals surface area contributed by atoms with Crippen LogP contribution in [0.25, 0.3) is 0 Å². The van der Waals surface area contributed by atoms with Crippen molar-refractivity contribution < 1.29 is 9.72 Å². The number of nitro benzene ring substituents is 1. The van der Waals surface area contributed by atoms with Crippen LogP contribution in [0.5, 0.6) is 0 Å². The number of anilines is 1. The van der Waals surface area contributed by atoms with Crippen LogP contribution in [-0.4, -0.2) is 32.1 Å². The number of benzene rings is 1. The number of nitrogens with two attached hydrogens (primary N) is 1. The van der Waals surface area contributed by atoms with E-state index in [2.05, 4.69) is 20.1 Å². The summed E-state index contributed by atoms with van der Waals surface area (Å²) in [5.41, 5.74) is 5.55. The number of hydrogen-bond acceptors (Lipinski definition) is 6. The molecule has 1 aliphatic rings. The van der Waals surface area contributed by atoms with Crippen LogP contribution in [0.3, 0.4) is 0 Å². The highest BCUT2D eigenvalue weighted by molar-refractivity contribution is 5.95. The van der Waals surface area contributed by atoms with Crippen LogP contribution in [0.15, 0.2) is 18.2 Å². The van der Waals surface area contributed by atoms with Crippen molar-refractivity contribution in [3.05, 3.63) is 45.5 Å². The molecule has 0 spiro atoms. The summed E-state index contributed by atoms with van der Waals surface area (Å²) in [5, 5.41) is 22.2. The van der Waals surface area contributed by atoms with Crippen molar-refractivity contribution in [3.8, 4) is 0 Å². The minimum atomic E-state index is -0.594. The van der Waals surface area contributed by atoms with E-state index in [-0.39, 0.29) is 22.8 Å². The van der Waals surface area contributed by atoms with E-state index in [1.54, 1.807) is 0 Å². The van der Waals surface area contributed by atoms with E-state index in [0.29, 0.717) is 6.54 Å². The SMILES string of the molecule is Nc1ccc(C(=O)NCCCc2nnc3n2CCCCC3)cc1[N+](=O)[O-]. The van der Waals surface area contributed by atoms with E-state index in [1.807, 2.05) is 0 Å². The van der Waals surface area contributed by atoms with Crippen molar-refractivity contribution >= 4 is 17.3 Å². The molecule has 3 rings (SSSR count). The van der Waals surface area contributed by atoms with Crippen molar-refractivity contribution in [3.63, 3.8) is 0 Å². The maximum absolute atomic E-state index is 12.2. The van der Waals surface area contributed by atoms with Crippen LogP contribution in [0, 0.1) is 10.1 Å². The molecule has 1 aromatic heterocycles. The third-order valence-corrected chi connectivity index (χ3v) is 4.54. The van der Waals surface area contributed by atoms with Gasteiger partial charge in [0.25, 0.3) is 11.6 Å². The lowest BCUT2D eigenvalue weighted by atomic mass is 10.1. The molecule has 0 bridgehead atoms. The van der Waals surface area contributed by atoms with Gasteiger partial charge in [0.05, 0.1) is 4.92 Å². The van der Waals surface area contributed by atoms with Gasteiger partial charge in [-0.2, -0.15) is 0 Å². The van der Waals surface area contributed by atoms with Crippen LogP contribution in [0.2, 0.25) is 0 Å². The van der Waals surface area contributed by atoms with Gasteiger partial charge in [-0.3, -0.25) is 14.9 Å². The summed E-state index contributed by atoms with van der Waals surface area (Å²) in [6.07, 6.45) is 5.94. The van der Waals surface area contributed by atoms with E-state index in [0.717, 1.165) is 50.3 Å². The number of nitrogens with zero attached hydrogens (tertiary/aromatic N) is 4. The number of nitro groups is 1. The molecule has 0 saturated carbocycles. The lowest BCUT2D eigenvalue weighted by Crippen LogP contribution is -2.25. The van der Waals surface area contributed by atoms with Crippen molar-refractivity contribution in [2.45, 2.75) is 45.1 Å². The lowest BCUT2D eigenvalue weighted by molar-refractivity contribution is -0.383. The number of carbonyl (C=O) groups excluding carboxylic acids is 1. The third-order valence-electron chi connectivity index (χ3n) is 4.54. The molecule has 0 fully saturated rings. The maximum atomic E-state index is 12.2. The van der Waals surface area contributed by atoms with Crippen LogP contribution in [0.1, 0.15) is 47.7 Å². The Hall–Kier alpha value is -2.97. The Morgan fingerprint density at radius 2 is 2.15 bits per heavy atom. The first-order valence-electron chi connectivity index (χ1n) is 8.79. The molecule has 2 heterocycles. The number of rotatable bonds is 6. The van der Waals surface area contributed by atoms with Gasteiger partial charge in [-0.15, -0.1) is 10.2 Å². The standard InChI is InChI=1S/C17H22N6O3/c18-13-8-7-12(11-14(13)23(25)26)17(24)19-9-4-6-16-21-20-15-5-2-1-3-10-22(15)16/h7-8,11H,1-6,9-10,18H2,(H,19,24). The quantitative estimate of drug-likeness (QED) is 0.351. The summed E-state index contributed by atoms with van der Waals surface area (Å²) >= 11 is 0. The van der Waals surface area contributed by atoms with Gasteiger partial charge in [0.2, 0.25) is 0 Å². The Labute approximate surface area is 150 Å². The number of aromatic nitrogens is 3. The number of nitrogens with one attached hydrogen (secondary N) is 1. The number of amides is 1. The number of hydrogen-bond donors (Lipinski definition) is 2. The highest BCUT2D eigenvalue weighted by atomic mass is 16.6. The first-order chi connectivity index (χ1) is 12.6.